The van der Waals surface area contributed by atoms with Crippen molar-refractivity contribution in [3.05, 3.63) is 74.9 Å². The molecule has 2 aromatic rings. The van der Waals surface area contributed by atoms with Gasteiger partial charge in [0.25, 0.3) is 0 Å². The van der Waals surface area contributed by atoms with E-state index in [1.54, 1.807) is 12.1 Å². The second-order valence-corrected chi connectivity index (χ2v) is 5.47. The number of rotatable bonds is 3. The number of halogens is 1. The second kappa shape index (κ2) is 6.20. The Kier molecular flexibility index (Phi) is 4.09. The fourth-order valence-corrected chi connectivity index (χ4v) is 2.84. The summed E-state index contributed by atoms with van der Waals surface area (Å²) in [6.45, 7) is 1.95. The van der Waals surface area contributed by atoms with Gasteiger partial charge in [0.2, 0.25) is 5.88 Å². The van der Waals surface area contributed by atoms with Gasteiger partial charge >= 0.3 is 5.63 Å². The van der Waals surface area contributed by atoms with E-state index in [0.717, 1.165) is 6.42 Å². The number of fused-ring (bicyclic) bond motifs is 1. The zero-order valence-corrected chi connectivity index (χ0v) is 13.0. The maximum Gasteiger partial charge on any atom is 0.343 e. The van der Waals surface area contributed by atoms with Crippen molar-refractivity contribution in [1.29, 1.82) is 5.26 Å². The zero-order valence-electron chi connectivity index (χ0n) is 13.0. The monoisotopic (exact) mass is 326 g/mol. The van der Waals surface area contributed by atoms with E-state index in [9.17, 15) is 14.4 Å². The van der Waals surface area contributed by atoms with Crippen molar-refractivity contribution in [1.82, 2.24) is 0 Å². The molecule has 1 unspecified atom stereocenters. The van der Waals surface area contributed by atoms with Gasteiger partial charge < -0.3 is 14.9 Å². The van der Waals surface area contributed by atoms with Crippen LogP contribution in [-0.2, 0) is 6.42 Å². The molecule has 2 heterocycles. The molecule has 0 bridgehead atoms. The summed E-state index contributed by atoms with van der Waals surface area (Å²) in [5.74, 6) is -0.952. The van der Waals surface area contributed by atoms with Gasteiger partial charge in [-0.1, -0.05) is 25.1 Å². The van der Waals surface area contributed by atoms with Crippen LogP contribution >= 0.6 is 0 Å². The minimum Gasteiger partial charge on any atom is -0.440 e. The third-order valence-corrected chi connectivity index (χ3v) is 3.90. The number of hydrogen-bond donors (Lipinski definition) is 1. The Morgan fingerprint density at radius 2 is 2.12 bits per heavy atom. The van der Waals surface area contributed by atoms with Gasteiger partial charge in [0.05, 0.1) is 11.5 Å². The molecule has 24 heavy (non-hydrogen) atoms. The van der Waals surface area contributed by atoms with Gasteiger partial charge in [-0.15, -0.1) is 0 Å². The van der Waals surface area contributed by atoms with Crippen molar-refractivity contribution >= 4 is 0 Å². The Morgan fingerprint density at radius 3 is 2.79 bits per heavy atom. The number of ether oxygens (including phenoxy) is 1. The molecule has 6 heteroatoms. The smallest absolute Gasteiger partial charge is 0.343 e. The lowest BCUT2D eigenvalue weighted by Gasteiger charge is -2.25. The summed E-state index contributed by atoms with van der Waals surface area (Å²) in [5, 5.41) is 9.42. The summed E-state index contributed by atoms with van der Waals surface area (Å²) < 4.78 is 25.0. The van der Waals surface area contributed by atoms with Crippen LogP contribution in [0.5, 0.6) is 5.75 Å². The lowest BCUT2D eigenvalue weighted by molar-refractivity contribution is 0.366. The second-order valence-electron chi connectivity index (χ2n) is 5.47. The molecule has 1 atom stereocenters. The van der Waals surface area contributed by atoms with Gasteiger partial charge in [-0.05, 0) is 12.5 Å². The topological polar surface area (TPSA) is 89.2 Å². The van der Waals surface area contributed by atoms with Crippen LogP contribution in [0.1, 0.15) is 36.1 Å². The molecule has 2 N–H and O–H groups in total. The number of aryl methyl sites for hydroxylation is 1. The van der Waals surface area contributed by atoms with Gasteiger partial charge in [-0.3, -0.25) is 0 Å². The predicted octanol–water partition coefficient (Wildman–Crippen LogP) is 2.95. The molecule has 0 radical (unpaired) electrons. The van der Waals surface area contributed by atoms with Crippen LogP contribution in [0, 0.1) is 17.1 Å². The summed E-state index contributed by atoms with van der Waals surface area (Å²) in [6, 6.07) is 9.44. The highest BCUT2D eigenvalue weighted by atomic mass is 19.1. The maximum atomic E-state index is 14.3. The first-order valence-electron chi connectivity index (χ1n) is 7.55. The summed E-state index contributed by atoms with van der Waals surface area (Å²) in [4.78, 5) is 12.5. The minimum absolute atomic E-state index is 0.0110. The fraction of sp³-hybridized carbons (Fsp3) is 0.222. The van der Waals surface area contributed by atoms with Crippen LogP contribution in [0.4, 0.5) is 4.39 Å². The summed E-state index contributed by atoms with van der Waals surface area (Å²) in [7, 11) is 0. The average Bonchev–Trinajstić information content (AvgIpc) is 2.54. The van der Waals surface area contributed by atoms with Crippen molar-refractivity contribution in [2.24, 2.45) is 5.73 Å². The molecule has 1 aliphatic rings. The van der Waals surface area contributed by atoms with Crippen molar-refractivity contribution in [2.45, 2.75) is 25.7 Å². The van der Waals surface area contributed by atoms with Gasteiger partial charge in [-0.25, -0.2) is 9.18 Å². The standard InChI is InChI=1S/C18H15FN2O3/c1-2-5-10-8-14-16(18(22)23-10)15(12(9-20)17(21)24-14)11-6-3-4-7-13(11)19/h3-4,6-8,15H,2,5,21H2,1H3. The number of benzene rings is 1. The van der Waals surface area contributed by atoms with Crippen molar-refractivity contribution < 1.29 is 13.5 Å². The lowest BCUT2D eigenvalue weighted by Crippen LogP contribution is -2.27. The molecular formula is C18H15FN2O3. The molecule has 0 saturated carbocycles. The van der Waals surface area contributed by atoms with Crippen LogP contribution < -0.4 is 16.1 Å². The quantitative estimate of drug-likeness (QED) is 0.936. The molecule has 1 aliphatic heterocycles. The van der Waals surface area contributed by atoms with Gasteiger partial charge in [-0.2, -0.15) is 5.26 Å². The molecule has 0 fully saturated rings. The summed E-state index contributed by atoms with van der Waals surface area (Å²) in [5.41, 5.74) is 5.44. The van der Waals surface area contributed by atoms with Crippen LogP contribution in [0.3, 0.4) is 0 Å². The molecule has 0 aliphatic carbocycles. The molecule has 3 rings (SSSR count). The van der Waals surface area contributed by atoms with Crippen molar-refractivity contribution in [3.8, 4) is 11.8 Å². The first kappa shape index (κ1) is 15.8. The third-order valence-electron chi connectivity index (χ3n) is 3.90. The predicted molar refractivity (Wildman–Crippen MR) is 84.7 cm³/mol. The number of allylic oxidation sites excluding steroid dienone is 1. The number of nitriles is 1. The third kappa shape index (κ3) is 2.54. The van der Waals surface area contributed by atoms with E-state index < -0.39 is 17.4 Å². The Labute approximate surface area is 137 Å². The van der Waals surface area contributed by atoms with E-state index >= 15 is 0 Å². The minimum atomic E-state index is -0.952. The molecule has 0 amide bonds. The first-order valence-corrected chi connectivity index (χ1v) is 7.55. The van der Waals surface area contributed by atoms with E-state index in [-0.39, 0.29) is 28.3 Å². The molecule has 1 aromatic carbocycles. The molecule has 122 valence electrons. The van der Waals surface area contributed by atoms with Crippen LogP contribution in [0.2, 0.25) is 0 Å². The largest absolute Gasteiger partial charge is 0.440 e. The fourth-order valence-electron chi connectivity index (χ4n) is 2.84. The van der Waals surface area contributed by atoms with E-state index in [0.29, 0.717) is 12.2 Å². The SMILES string of the molecule is CCCc1cc2c(c(=O)o1)C(c1ccccc1F)C(C#N)=C(N)O2. The van der Waals surface area contributed by atoms with Crippen molar-refractivity contribution in [3.63, 3.8) is 0 Å². The van der Waals surface area contributed by atoms with Crippen LogP contribution in [0.15, 0.2) is 51.0 Å². The molecule has 5 nitrogen and oxygen atoms in total. The lowest BCUT2D eigenvalue weighted by atomic mass is 9.84. The van der Waals surface area contributed by atoms with E-state index in [4.69, 9.17) is 14.9 Å². The summed E-state index contributed by atoms with van der Waals surface area (Å²) in [6.07, 6.45) is 1.35. The number of nitrogens with two attached hydrogens (primary N) is 1. The van der Waals surface area contributed by atoms with E-state index in [1.807, 2.05) is 13.0 Å². The Bertz CT molecular complexity index is 925. The van der Waals surface area contributed by atoms with E-state index in [1.165, 1.54) is 18.2 Å². The maximum absolute atomic E-state index is 14.3. The normalized spacial score (nSPS) is 16.3. The zero-order chi connectivity index (χ0) is 17.3. The van der Waals surface area contributed by atoms with Crippen LogP contribution in [0.25, 0.3) is 0 Å². The average molecular weight is 326 g/mol. The molecule has 0 saturated heterocycles. The Hall–Kier alpha value is -3.07. The van der Waals surface area contributed by atoms with Crippen LogP contribution in [-0.4, -0.2) is 0 Å². The highest BCUT2D eigenvalue weighted by molar-refractivity contribution is 5.54. The highest BCUT2D eigenvalue weighted by Crippen LogP contribution is 2.41. The number of hydrogen-bond acceptors (Lipinski definition) is 5. The van der Waals surface area contributed by atoms with Crippen molar-refractivity contribution in [2.75, 3.05) is 0 Å². The molecule has 1 aromatic heterocycles. The van der Waals surface area contributed by atoms with Gasteiger partial charge in [0.1, 0.15) is 29.0 Å². The first-order chi connectivity index (χ1) is 11.6. The highest BCUT2D eigenvalue weighted by Gasteiger charge is 2.35. The van der Waals surface area contributed by atoms with Gasteiger partial charge in [0.15, 0.2) is 0 Å². The van der Waals surface area contributed by atoms with Gasteiger partial charge in [0, 0.05) is 18.1 Å². The number of nitrogens with zero attached hydrogens (tertiary/aromatic N) is 1. The molecule has 0 spiro atoms. The molecular weight excluding hydrogens is 311 g/mol. The van der Waals surface area contributed by atoms with E-state index in [2.05, 4.69) is 0 Å². The Balaban J connectivity index is 2.27. The Morgan fingerprint density at radius 1 is 1.38 bits per heavy atom. The summed E-state index contributed by atoms with van der Waals surface area (Å²) >= 11 is 0.